The topological polar surface area (TPSA) is 87.1 Å². The lowest BCUT2D eigenvalue weighted by Gasteiger charge is -2.23. The van der Waals surface area contributed by atoms with Gasteiger partial charge in [0.05, 0.1) is 12.0 Å². The van der Waals surface area contributed by atoms with Gasteiger partial charge in [0.2, 0.25) is 0 Å². The number of carbonyl (C=O) groups is 1. The molecule has 0 spiro atoms. The highest BCUT2D eigenvalue weighted by Crippen LogP contribution is 2.15. The van der Waals surface area contributed by atoms with E-state index in [1.54, 1.807) is 18.2 Å². The number of hydrogen-bond acceptors (Lipinski definition) is 4. The van der Waals surface area contributed by atoms with Crippen LogP contribution in [0.1, 0.15) is 23.2 Å². The van der Waals surface area contributed by atoms with Gasteiger partial charge in [-0.05, 0) is 43.7 Å². The average Bonchev–Trinajstić information content (AvgIpc) is 3.02. The molecule has 118 valence electrons. The summed E-state index contributed by atoms with van der Waals surface area (Å²) in [7, 11) is 0. The van der Waals surface area contributed by atoms with E-state index in [1.165, 1.54) is 12.3 Å². The second-order valence-corrected chi connectivity index (χ2v) is 5.11. The molecular formula is C15H18ClN3O3. The Kier molecular flexibility index (Phi) is 5.41. The summed E-state index contributed by atoms with van der Waals surface area (Å²) in [5.41, 5.74) is 0.266. The van der Waals surface area contributed by atoms with Gasteiger partial charge in [-0.1, -0.05) is 0 Å². The lowest BCUT2D eigenvalue weighted by atomic mass is 10.1. The van der Waals surface area contributed by atoms with Crippen molar-refractivity contribution < 1.29 is 9.21 Å². The Balaban J connectivity index is 0.00000176. The van der Waals surface area contributed by atoms with Crippen LogP contribution in [0.4, 0.5) is 0 Å². The molecule has 1 fully saturated rings. The van der Waals surface area contributed by atoms with Gasteiger partial charge in [0.1, 0.15) is 11.3 Å². The van der Waals surface area contributed by atoms with Crippen molar-refractivity contribution in [1.29, 1.82) is 0 Å². The first-order chi connectivity index (χ1) is 10.2. The predicted molar refractivity (Wildman–Crippen MR) is 85.4 cm³/mol. The Bertz CT molecular complexity index is 676. The number of pyridine rings is 1. The van der Waals surface area contributed by atoms with Crippen LogP contribution in [0, 0.1) is 0 Å². The minimum absolute atomic E-state index is 0. The maximum absolute atomic E-state index is 12.1. The van der Waals surface area contributed by atoms with Crippen molar-refractivity contribution in [2.45, 2.75) is 18.9 Å². The van der Waals surface area contributed by atoms with Gasteiger partial charge in [-0.25, -0.2) is 0 Å². The predicted octanol–water partition coefficient (Wildman–Crippen LogP) is 1.54. The maximum atomic E-state index is 12.1. The van der Waals surface area contributed by atoms with Gasteiger partial charge in [-0.3, -0.25) is 9.59 Å². The molecule has 3 N–H and O–H groups in total. The van der Waals surface area contributed by atoms with Crippen molar-refractivity contribution in [3.05, 3.63) is 46.4 Å². The fourth-order valence-corrected chi connectivity index (χ4v) is 2.47. The summed E-state index contributed by atoms with van der Waals surface area (Å²) in [5.74, 6) is 0.228. The van der Waals surface area contributed by atoms with Gasteiger partial charge < -0.3 is 20.0 Å². The third-order valence-electron chi connectivity index (χ3n) is 3.57. The zero-order valence-corrected chi connectivity index (χ0v) is 12.7. The van der Waals surface area contributed by atoms with Crippen LogP contribution in [-0.2, 0) is 0 Å². The van der Waals surface area contributed by atoms with Gasteiger partial charge in [-0.15, -0.1) is 12.4 Å². The van der Waals surface area contributed by atoms with Crippen LogP contribution in [-0.4, -0.2) is 30.0 Å². The number of halogens is 1. The second-order valence-electron chi connectivity index (χ2n) is 5.11. The fraction of sp³-hybridized carbons (Fsp3) is 0.333. The quantitative estimate of drug-likeness (QED) is 0.799. The molecule has 0 aliphatic carbocycles. The van der Waals surface area contributed by atoms with Crippen molar-refractivity contribution in [2.75, 3.05) is 13.1 Å². The zero-order valence-electron chi connectivity index (χ0n) is 11.9. The lowest BCUT2D eigenvalue weighted by Crippen LogP contribution is -2.46. The van der Waals surface area contributed by atoms with E-state index in [-0.39, 0.29) is 29.9 Å². The summed E-state index contributed by atoms with van der Waals surface area (Å²) in [6.07, 6.45) is 3.49. The first-order valence-corrected chi connectivity index (χ1v) is 7.03. The summed E-state index contributed by atoms with van der Waals surface area (Å²) in [4.78, 5) is 26.9. The molecule has 1 aliphatic heterocycles. The van der Waals surface area contributed by atoms with Gasteiger partial charge in [-0.2, -0.15) is 0 Å². The molecule has 2 aromatic heterocycles. The highest BCUT2D eigenvalue weighted by Gasteiger charge is 2.18. The molecule has 0 bridgehead atoms. The summed E-state index contributed by atoms with van der Waals surface area (Å²) in [6, 6.07) is 6.77. The summed E-state index contributed by atoms with van der Waals surface area (Å²) >= 11 is 0. The number of amides is 1. The number of nitrogens with one attached hydrogen (secondary N) is 3. The van der Waals surface area contributed by atoms with Crippen molar-refractivity contribution in [2.24, 2.45) is 0 Å². The number of hydrogen-bond donors (Lipinski definition) is 3. The smallest absolute Gasteiger partial charge is 0.261 e. The van der Waals surface area contributed by atoms with Crippen LogP contribution in [0.2, 0.25) is 0 Å². The number of H-pyrrole nitrogens is 1. The van der Waals surface area contributed by atoms with E-state index < -0.39 is 5.56 Å². The fourth-order valence-electron chi connectivity index (χ4n) is 2.47. The van der Waals surface area contributed by atoms with Gasteiger partial charge >= 0.3 is 0 Å². The van der Waals surface area contributed by atoms with Crippen molar-refractivity contribution in [3.63, 3.8) is 0 Å². The minimum atomic E-state index is -0.412. The largest absolute Gasteiger partial charge is 0.463 e. The highest BCUT2D eigenvalue weighted by atomic mass is 35.5. The molecule has 0 radical (unpaired) electrons. The van der Waals surface area contributed by atoms with Crippen LogP contribution in [0.5, 0.6) is 0 Å². The third-order valence-corrected chi connectivity index (χ3v) is 3.57. The molecule has 6 nitrogen and oxygen atoms in total. The van der Waals surface area contributed by atoms with E-state index in [1.807, 2.05) is 0 Å². The molecule has 3 rings (SSSR count). The molecule has 1 amide bonds. The number of aromatic nitrogens is 1. The molecule has 1 aliphatic rings. The number of furan rings is 1. The standard InChI is InChI=1S/C15H17N3O3.ClH/c19-14(17-10-3-1-7-16-9-10)11-5-6-12(18-15(11)20)13-4-2-8-21-13;/h2,4-6,8,10,16H,1,3,7,9H2,(H,17,19)(H,18,20);1H/t10-;/m0./s1. The van der Waals surface area contributed by atoms with Crippen LogP contribution in [0.25, 0.3) is 11.5 Å². The molecular weight excluding hydrogens is 306 g/mol. The monoisotopic (exact) mass is 323 g/mol. The van der Waals surface area contributed by atoms with Gasteiger partial charge in [0, 0.05) is 12.6 Å². The number of carbonyl (C=O) groups excluding carboxylic acids is 1. The second kappa shape index (κ2) is 7.29. The van der Waals surface area contributed by atoms with Gasteiger partial charge in [0.25, 0.3) is 11.5 Å². The lowest BCUT2D eigenvalue weighted by molar-refractivity contribution is 0.0929. The first kappa shape index (κ1) is 16.3. The van der Waals surface area contributed by atoms with Crippen molar-refractivity contribution in [3.8, 4) is 11.5 Å². The molecule has 2 aromatic rings. The molecule has 1 saturated heterocycles. The van der Waals surface area contributed by atoms with Crippen molar-refractivity contribution in [1.82, 2.24) is 15.6 Å². The third kappa shape index (κ3) is 3.58. The van der Waals surface area contributed by atoms with E-state index in [2.05, 4.69) is 15.6 Å². The molecule has 7 heteroatoms. The molecule has 0 unspecified atom stereocenters. The molecule has 0 aromatic carbocycles. The Morgan fingerprint density at radius 2 is 2.18 bits per heavy atom. The molecule has 0 saturated carbocycles. The van der Waals surface area contributed by atoms with Crippen LogP contribution in [0.3, 0.4) is 0 Å². The van der Waals surface area contributed by atoms with Crippen LogP contribution in [0.15, 0.2) is 39.7 Å². The Morgan fingerprint density at radius 1 is 1.32 bits per heavy atom. The number of piperidine rings is 1. The number of rotatable bonds is 3. The zero-order chi connectivity index (χ0) is 14.7. The summed E-state index contributed by atoms with van der Waals surface area (Å²) in [5, 5.41) is 6.11. The van der Waals surface area contributed by atoms with Crippen LogP contribution >= 0.6 is 12.4 Å². The van der Waals surface area contributed by atoms with E-state index >= 15 is 0 Å². The van der Waals surface area contributed by atoms with E-state index in [0.29, 0.717) is 11.5 Å². The summed E-state index contributed by atoms with van der Waals surface area (Å²) in [6.45, 7) is 1.72. The Labute approximate surface area is 133 Å². The molecule has 1 atom stereocenters. The Hall–Kier alpha value is -2.05. The average molecular weight is 324 g/mol. The molecule has 3 heterocycles. The molecule has 22 heavy (non-hydrogen) atoms. The van der Waals surface area contributed by atoms with Crippen molar-refractivity contribution >= 4 is 18.3 Å². The highest BCUT2D eigenvalue weighted by molar-refractivity contribution is 5.94. The maximum Gasteiger partial charge on any atom is 0.261 e. The number of aromatic amines is 1. The van der Waals surface area contributed by atoms with E-state index in [0.717, 1.165) is 25.9 Å². The first-order valence-electron chi connectivity index (χ1n) is 7.03. The van der Waals surface area contributed by atoms with Crippen LogP contribution < -0.4 is 16.2 Å². The SMILES string of the molecule is Cl.O=C(N[C@H]1CCCNC1)c1ccc(-c2ccco2)[nH]c1=O. The van der Waals surface area contributed by atoms with E-state index in [9.17, 15) is 9.59 Å². The summed E-state index contributed by atoms with van der Waals surface area (Å²) < 4.78 is 5.22. The van der Waals surface area contributed by atoms with E-state index in [4.69, 9.17) is 4.42 Å². The normalized spacial score (nSPS) is 17.5. The van der Waals surface area contributed by atoms with Gasteiger partial charge in [0.15, 0.2) is 0 Å². The Morgan fingerprint density at radius 3 is 2.82 bits per heavy atom. The minimum Gasteiger partial charge on any atom is -0.463 e.